The van der Waals surface area contributed by atoms with Gasteiger partial charge >= 0.3 is 0 Å². The molecule has 0 aliphatic carbocycles. The quantitative estimate of drug-likeness (QED) is 0.674. The summed E-state index contributed by atoms with van der Waals surface area (Å²) in [5.74, 6) is 0. The minimum atomic E-state index is -1.50. The van der Waals surface area contributed by atoms with Crippen LogP contribution in [0.2, 0.25) is 18.1 Å². The van der Waals surface area contributed by atoms with Gasteiger partial charge in [-0.2, -0.15) is 0 Å². The van der Waals surface area contributed by atoms with E-state index in [1.165, 1.54) is 0 Å². The Kier molecular flexibility index (Phi) is 5.84. The molecule has 0 aliphatic heterocycles. The van der Waals surface area contributed by atoms with Crippen LogP contribution in [0.25, 0.3) is 0 Å². The van der Waals surface area contributed by atoms with Crippen LogP contribution in [0, 0.1) is 0 Å². The molecule has 0 aromatic rings. The zero-order valence-corrected chi connectivity index (χ0v) is 10.6. The molecule has 0 fully saturated rings. The van der Waals surface area contributed by atoms with E-state index in [-0.39, 0.29) is 12.2 Å². The highest BCUT2D eigenvalue weighted by Crippen LogP contribution is 2.23. The van der Waals surface area contributed by atoms with Crippen molar-refractivity contribution >= 4 is 8.32 Å². The Morgan fingerprint density at radius 2 is 1.46 bits per heavy atom. The summed E-state index contributed by atoms with van der Waals surface area (Å²) in [6.45, 7) is 10.4. The third-order valence-corrected chi connectivity index (χ3v) is 7.79. The van der Waals surface area contributed by atoms with Gasteiger partial charge in [-0.05, 0) is 32.0 Å². The molecule has 2 nitrogen and oxygen atoms in total. The summed E-state index contributed by atoms with van der Waals surface area (Å²) in [5, 5.41) is 9.37. The van der Waals surface area contributed by atoms with Crippen LogP contribution in [0.3, 0.4) is 0 Å². The monoisotopic (exact) mass is 204 g/mol. The van der Waals surface area contributed by atoms with E-state index in [1.807, 2.05) is 6.92 Å². The maximum Gasteiger partial charge on any atom is 0.192 e. The maximum absolute atomic E-state index is 9.37. The molecule has 0 rings (SSSR count). The van der Waals surface area contributed by atoms with Gasteiger partial charge < -0.3 is 9.53 Å². The first-order valence-corrected chi connectivity index (χ1v) is 7.90. The van der Waals surface area contributed by atoms with Gasteiger partial charge in [-0.1, -0.05) is 20.8 Å². The molecule has 0 unspecified atom stereocenters. The predicted molar refractivity (Wildman–Crippen MR) is 59.4 cm³/mol. The van der Waals surface area contributed by atoms with Crippen LogP contribution in [0.1, 0.15) is 34.6 Å². The lowest BCUT2D eigenvalue weighted by atomic mass is 10.3. The van der Waals surface area contributed by atoms with E-state index < -0.39 is 8.32 Å². The van der Waals surface area contributed by atoms with Crippen molar-refractivity contribution in [3.05, 3.63) is 0 Å². The van der Waals surface area contributed by atoms with Gasteiger partial charge in [0.05, 0.1) is 12.2 Å². The van der Waals surface area contributed by atoms with Gasteiger partial charge in [0.15, 0.2) is 8.32 Å². The van der Waals surface area contributed by atoms with E-state index in [2.05, 4.69) is 20.8 Å². The van der Waals surface area contributed by atoms with Gasteiger partial charge in [-0.3, -0.25) is 0 Å². The summed E-state index contributed by atoms with van der Waals surface area (Å²) in [4.78, 5) is 0. The lowest BCUT2D eigenvalue weighted by molar-refractivity contribution is 0.0529. The Balaban J connectivity index is 4.24. The molecular weight excluding hydrogens is 180 g/mol. The topological polar surface area (TPSA) is 29.5 Å². The Labute approximate surface area is 83.4 Å². The summed E-state index contributed by atoms with van der Waals surface area (Å²) in [5.41, 5.74) is 0. The number of aliphatic hydroxyl groups is 1. The number of aliphatic hydroxyl groups excluding tert-OH is 1. The van der Waals surface area contributed by atoms with E-state index in [0.29, 0.717) is 0 Å². The molecule has 0 amide bonds. The van der Waals surface area contributed by atoms with Gasteiger partial charge in [0.2, 0.25) is 0 Å². The average Bonchev–Trinajstić information content (AvgIpc) is 2.14. The summed E-state index contributed by atoms with van der Waals surface area (Å²) in [7, 11) is -1.50. The second-order valence-corrected chi connectivity index (χ2v) is 8.53. The highest BCUT2D eigenvalue weighted by Gasteiger charge is 2.31. The van der Waals surface area contributed by atoms with Gasteiger partial charge in [-0.25, -0.2) is 0 Å². The predicted octanol–water partition coefficient (Wildman–Crippen LogP) is 2.78. The minimum Gasteiger partial charge on any atom is -0.412 e. The van der Waals surface area contributed by atoms with E-state index in [4.69, 9.17) is 4.43 Å². The van der Waals surface area contributed by atoms with Crippen molar-refractivity contribution in [2.75, 3.05) is 0 Å². The molecule has 0 radical (unpaired) electrons. The van der Waals surface area contributed by atoms with Crippen molar-refractivity contribution in [3.8, 4) is 0 Å². The van der Waals surface area contributed by atoms with Crippen LogP contribution in [0.4, 0.5) is 0 Å². The summed E-state index contributed by atoms with van der Waals surface area (Å²) in [6, 6.07) is 3.45. The Morgan fingerprint density at radius 3 is 1.69 bits per heavy atom. The maximum atomic E-state index is 9.37. The summed E-state index contributed by atoms with van der Waals surface area (Å²) < 4.78 is 6.04. The molecular formula is C10H24O2Si. The van der Waals surface area contributed by atoms with Gasteiger partial charge in [-0.15, -0.1) is 0 Å². The fourth-order valence-corrected chi connectivity index (χ4v) is 4.48. The van der Waals surface area contributed by atoms with Gasteiger partial charge in [0, 0.05) is 0 Å². The summed E-state index contributed by atoms with van der Waals surface area (Å²) >= 11 is 0. The minimum absolute atomic E-state index is 0.00785. The van der Waals surface area contributed by atoms with Crippen molar-refractivity contribution in [2.24, 2.45) is 0 Å². The van der Waals surface area contributed by atoms with Crippen LogP contribution in [-0.4, -0.2) is 25.6 Å². The van der Waals surface area contributed by atoms with Gasteiger partial charge in [0.25, 0.3) is 0 Å². The number of hydrogen-bond donors (Lipinski definition) is 1. The first kappa shape index (κ1) is 13.1. The number of rotatable bonds is 6. The molecule has 0 spiro atoms. The normalized spacial score (nSPS) is 17.1. The van der Waals surface area contributed by atoms with Crippen molar-refractivity contribution in [1.29, 1.82) is 0 Å². The average molecular weight is 204 g/mol. The SMILES string of the molecule is CC[Si](CC)(CC)O[C@@H](C)[C@@H](C)O. The van der Waals surface area contributed by atoms with E-state index in [0.717, 1.165) is 18.1 Å². The smallest absolute Gasteiger partial charge is 0.192 e. The summed E-state index contributed by atoms with van der Waals surface area (Å²) in [6.07, 6.45) is -0.358. The molecule has 1 N–H and O–H groups in total. The van der Waals surface area contributed by atoms with Crippen LogP contribution >= 0.6 is 0 Å². The van der Waals surface area contributed by atoms with Crippen LogP contribution in [0.5, 0.6) is 0 Å². The van der Waals surface area contributed by atoms with Crippen molar-refractivity contribution in [1.82, 2.24) is 0 Å². The highest BCUT2D eigenvalue weighted by atomic mass is 28.4. The number of hydrogen-bond acceptors (Lipinski definition) is 2. The Hall–Kier alpha value is 0.137. The van der Waals surface area contributed by atoms with Crippen molar-refractivity contribution < 1.29 is 9.53 Å². The molecule has 0 bridgehead atoms. The van der Waals surface area contributed by atoms with E-state index in [9.17, 15) is 5.11 Å². The lowest BCUT2D eigenvalue weighted by Gasteiger charge is -2.32. The Bertz CT molecular complexity index is 125. The molecule has 13 heavy (non-hydrogen) atoms. The third kappa shape index (κ3) is 3.79. The first-order valence-electron chi connectivity index (χ1n) is 5.37. The van der Waals surface area contributed by atoms with E-state index >= 15 is 0 Å². The zero-order valence-electron chi connectivity index (χ0n) is 9.63. The van der Waals surface area contributed by atoms with Crippen molar-refractivity contribution in [3.63, 3.8) is 0 Å². The zero-order chi connectivity index (χ0) is 10.5. The molecule has 2 atom stereocenters. The molecule has 0 heterocycles. The fourth-order valence-electron chi connectivity index (χ4n) is 1.49. The second kappa shape index (κ2) is 5.78. The fraction of sp³-hybridized carbons (Fsp3) is 1.00. The Morgan fingerprint density at radius 1 is 1.08 bits per heavy atom. The lowest BCUT2D eigenvalue weighted by Crippen LogP contribution is -2.42. The molecule has 0 saturated heterocycles. The molecule has 0 aliphatic rings. The molecule has 3 heteroatoms. The van der Waals surface area contributed by atoms with Crippen molar-refractivity contribution in [2.45, 2.75) is 65.0 Å². The first-order chi connectivity index (χ1) is 6.01. The molecule has 0 saturated carbocycles. The van der Waals surface area contributed by atoms with E-state index in [1.54, 1.807) is 6.92 Å². The highest BCUT2D eigenvalue weighted by molar-refractivity contribution is 6.73. The van der Waals surface area contributed by atoms with Crippen LogP contribution in [0.15, 0.2) is 0 Å². The molecule has 0 aromatic heterocycles. The second-order valence-electron chi connectivity index (χ2n) is 3.81. The van der Waals surface area contributed by atoms with Gasteiger partial charge in [0.1, 0.15) is 0 Å². The third-order valence-electron chi connectivity index (χ3n) is 3.05. The van der Waals surface area contributed by atoms with Crippen LogP contribution < -0.4 is 0 Å². The van der Waals surface area contributed by atoms with Crippen LogP contribution in [-0.2, 0) is 4.43 Å². The molecule has 0 aromatic carbocycles. The standard InChI is InChI=1S/C10H24O2Si/c1-6-13(7-2,8-3)12-10(5)9(4)11/h9-11H,6-8H2,1-5H3/t9-,10+/m1/s1. The largest absolute Gasteiger partial charge is 0.412 e. The molecule has 80 valence electrons.